The van der Waals surface area contributed by atoms with Crippen LogP contribution in [-0.2, 0) is 105 Å². The number of alkyl halides is 9. The van der Waals surface area contributed by atoms with Crippen LogP contribution < -0.4 is 0 Å². The lowest BCUT2D eigenvalue weighted by Crippen LogP contribution is -2.42. The van der Waals surface area contributed by atoms with Gasteiger partial charge in [-0.15, -0.1) is 0 Å². The first-order valence-electron chi connectivity index (χ1n) is 45.6. The highest BCUT2D eigenvalue weighted by Crippen LogP contribution is 2.63. The number of halogens is 9. The molecule has 3 heterocycles. The summed E-state index contributed by atoms with van der Waals surface area (Å²) in [5, 5.41) is 9.31. The molecule has 23 nitrogen and oxygen atoms in total. The van der Waals surface area contributed by atoms with Crippen molar-refractivity contribution in [3.05, 3.63) is 0 Å². The molecule has 14 unspecified atom stereocenters. The highest BCUT2D eigenvalue weighted by molar-refractivity contribution is 5.86. The minimum absolute atomic E-state index is 0.0197. The van der Waals surface area contributed by atoms with Crippen LogP contribution in [0.5, 0.6) is 0 Å². The molecular formula is C95H154F9NO22. The highest BCUT2D eigenvalue weighted by atomic mass is 19.4. The summed E-state index contributed by atoms with van der Waals surface area (Å²) in [5.41, 5.74) is -5.48. The number of esters is 11. The van der Waals surface area contributed by atoms with Gasteiger partial charge in [-0.2, -0.15) is 44.8 Å². The van der Waals surface area contributed by atoms with E-state index >= 15 is 0 Å². The lowest BCUT2D eigenvalue weighted by Gasteiger charge is -2.37. The Hall–Kier alpha value is -6.97. The van der Waals surface area contributed by atoms with Crippen LogP contribution in [-0.4, -0.2) is 151 Å². The number of rotatable bonds is 25. The summed E-state index contributed by atoms with van der Waals surface area (Å²) in [6.07, 6.45) is -2.73. The molecule has 734 valence electrons. The number of nitrogens with zero attached hydrogens (tertiary/aromatic N) is 1. The molecule has 9 rings (SSSR count). The van der Waals surface area contributed by atoms with Gasteiger partial charge in [-0.25, -0.2) is 4.79 Å². The molecule has 32 heteroatoms. The minimum Gasteiger partial charge on any atom is -0.463 e. The Morgan fingerprint density at radius 2 is 0.772 bits per heavy atom. The van der Waals surface area contributed by atoms with Gasteiger partial charge in [-0.3, -0.25) is 47.9 Å². The second-order valence-corrected chi connectivity index (χ2v) is 41.8. The summed E-state index contributed by atoms with van der Waals surface area (Å²) in [7, 11) is 0. The van der Waals surface area contributed by atoms with Crippen molar-refractivity contribution in [2.75, 3.05) is 6.61 Å². The van der Waals surface area contributed by atoms with E-state index in [-0.39, 0.29) is 94.4 Å². The van der Waals surface area contributed by atoms with Gasteiger partial charge in [0, 0.05) is 30.1 Å². The molecule has 0 aromatic rings. The third kappa shape index (κ3) is 31.9. The molecule has 0 radical (unpaired) electrons. The van der Waals surface area contributed by atoms with Crippen LogP contribution in [0.25, 0.3) is 0 Å². The zero-order valence-corrected chi connectivity index (χ0v) is 81.8. The summed E-state index contributed by atoms with van der Waals surface area (Å²) in [4.78, 5) is 128. The SMILES string of the molecule is CCC(C)(C)C(=O)OC(C)C(F)(F)F.CCC(C)(C)C(=O)OC(C)C(F)(F)F.CCC(C)(C)C(=O)OC(C)C(F)(F)F.CCC(C)(C)C(=O)OC1C2CC3C(=O)OC1C3C2.CCC(C)(C)C(=O)OC1C2CC3C1OC(=O)C3(C#N)C2.CCC(C)(C)C(=O)OC1CCC(C(C)(C)C)CC1.CCC(C)(C)C(=O)OC1CCOC1=O.CCC1(OC(=O)C(C)(C)CC)CCCC1. The van der Waals surface area contributed by atoms with Gasteiger partial charge >= 0.3 is 84.2 Å². The molecule has 0 aromatic carbocycles. The van der Waals surface area contributed by atoms with Crippen molar-refractivity contribution in [2.45, 2.75) is 435 Å². The zero-order chi connectivity index (χ0) is 98.8. The number of ether oxygens (including phenoxy) is 11. The fourth-order valence-corrected chi connectivity index (χ4v) is 14.3. The first-order chi connectivity index (χ1) is 57.7. The van der Waals surface area contributed by atoms with E-state index in [1.807, 2.05) is 90.0 Å². The standard InChI is InChI=1S/C16H30O2.C15H19NO4.C14H20O4.C13H24O2.C10H16O4.3C9H15F3O2/c1-7-16(5,6)14(17)18-13-10-8-12(9-11-13)15(2,3)4;1-4-14(2,3)12(17)19-10-8-5-9-11(10)20-13(18)15(9,6-8)7-16;1-4-14(2,3)13(16)18-10-7-5-8-9(6-7)12(15)17-11(8)10;1-5-12(3,4)11(14)15-13(6-2)9-7-8-10-13;1-4-10(2,3)9(12)14-7-5-6-13-8(7)11;3*1-5-8(3,4)7(13)14-6(2)9(10,11)12/h12-13H,7-11H2,1-6H3;8-11H,4-6H2,1-3H3;7-11H,4-6H2,1-3H3;5-10H2,1-4H3;7H,4-6H2,1-3H3;3*6H,5H2,1-4H3. The van der Waals surface area contributed by atoms with Crippen molar-refractivity contribution in [1.29, 1.82) is 5.26 Å². The van der Waals surface area contributed by atoms with Crippen LogP contribution in [0, 0.1) is 101 Å². The first-order valence-corrected chi connectivity index (χ1v) is 45.6. The quantitative estimate of drug-likeness (QED) is 0.0466. The van der Waals surface area contributed by atoms with E-state index in [1.165, 1.54) is 25.7 Å². The molecule has 6 saturated carbocycles. The van der Waals surface area contributed by atoms with E-state index in [0.717, 1.165) is 97.3 Å². The Bertz CT molecular complexity index is 3590. The van der Waals surface area contributed by atoms with Crippen molar-refractivity contribution < 1.29 is 144 Å². The van der Waals surface area contributed by atoms with Crippen LogP contribution in [0.2, 0.25) is 0 Å². The molecular weight excluding hydrogens is 1680 g/mol. The van der Waals surface area contributed by atoms with Crippen molar-refractivity contribution in [3.63, 3.8) is 0 Å². The topological polar surface area (TPSA) is 313 Å². The van der Waals surface area contributed by atoms with Gasteiger partial charge in [-0.1, -0.05) is 83.1 Å². The van der Waals surface area contributed by atoms with Crippen molar-refractivity contribution in [3.8, 4) is 6.07 Å². The molecule has 0 N–H and O–H groups in total. The lowest BCUT2D eigenvalue weighted by atomic mass is 9.72. The molecule has 6 aliphatic carbocycles. The van der Waals surface area contributed by atoms with Gasteiger partial charge in [0.2, 0.25) is 6.10 Å². The van der Waals surface area contributed by atoms with E-state index in [4.69, 9.17) is 37.9 Å². The van der Waals surface area contributed by atoms with Gasteiger partial charge in [0.25, 0.3) is 0 Å². The summed E-state index contributed by atoms with van der Waals surface area (Å²) in [5.74, 6) is -2.72. The predicted octanol–water partition coefficient (Wildman–Crippen LogP) is 22.0. The van der Waals surface area contributed by atoms with Gasteiger partial charge in [0.1, 0.15) is 36.1 Å². The van der Waals surface area contributed by atoms with Gasteiger partial charge in [0.05, 0.1) is 61.9 Å². The smallest absolute Gasteiger partial charge is 0.425 e. The van der Waals surface area contributed by atoms with Crippen molar-refractivity contribution in [2.24, 2.45) is 89.7 Å². The maximum atomic E-state index is 12.2. The molecule has 127 heavy (non-hydrogen) atoms. The van der Waals surface area contributed by atoms with Gasteiger partial charge in [-0.05, 0) is 278 Å². The van der Waals surface area contributed by atoms with E-state index in [9.17, 15) is 97.5 Å². The molecule has 3 aliphatic heterocycles. The molecule has 3 saturated heterocycles. The average Bonchev–Trinajstić information content (AvgIpc) is 1.53. The number of nitriles is 1. The first kappa shape index (κ1) is 116. The summed E-state index contributed by atoms with van der Waals surface area (Å²) in [6, 6.07) is 2.15. The Morgan fingerprint density at radius 3 is 1.10 bits per heavy atom. The number of carbonyl (C=O) groups is 11. The Morgan fingerprint density at radius 1 is 0.425 bits per heavy atom. The molecule has 0 spiro atoms. The van der Waals surface area contributed by atoms with Crippen molar-refractivity contribution in [1.82, 2.24) is 0 Å². The van der Waals surface area contributed by atoms with Crippen LogP contribution in [0.4, 0.5) is 39.5 Å². The third-order valence-electron chi connectivity index (χ3n) is 28.2. The molecule has 0 amide bonds. The monoisotopic (exact) mass is 1830 g/mol. The fraction of sp³-hybridized carbons (Fsp3) is 0.874. The van der Waals surface area contributed by atoms with Gasteiger partial charge < -0.3 is 52.1 Å². The van der Waals surface area contributed by atoms with E-state index in [0.29, 0.717) is 68.8 Å². The normalized spacial score (nSPS) is 25.8. The number of hydrogen-bond donors (Lipinski definition) is 0. The second-order valence-electron chi connectivity index (χ2n) is 41.8. The van der Waals surface area contributed by atoms with Crippen LogP contribution in [0.3, 0.4) is 0 Å². The number of fused-ring (bicyclic) bond motifs is 2. The molecule has 9 aliphatic rings. The summed E-state index contributed by atoms with van der Waals surface area (Å²) < 4.78 is 164. The average molecular weight is 1830 g/mol. The maximum Gasteiger partial charge on any atom is 0.425 e. The predicted molar refractivity (Wildman–Crippen MR) is 455 cm³/mol. The molecule has 4 bridgehead atoms. The Labute approximate surface area is 749 Å². The van der Waals surface area contributed by atoms with Crippen LogP contribution in [0.1, 0.15) is 356 Å². The number of hydrogen-bond acceptors (Lipinski definition) is 23. The van der Waals surface area contributed by atoms with Crippen molar-refractivity contribution >= 4 is 65.7 Å². The fourth-order valence-electron chi connectivity index (χ4n) is 14.3. The second kappa shape index (κ2) is 45.9. The van der Waals surface area contributed by atoms with Crippen LogP contribution >= 0.6 is 0 Å². The van der Waals surface area contributed by atoms with E-state index < -0.39 is 117 Å². The van der Waals surface area contributed by atoms with E-state index in [1.54, 1.807) is 76.2 Å². The summed E-state index contributed by atoms with van der Waals surface area (Å²) >= 11 is 0. The lowest BCUT2D eigenvalue weighted by molar-refractivity contribution is -0.221. The van der Waals surface area contributed by atoms with E-state index in [2.05, 4.69) is 48.0 Å². The van der Waals surface area contributed by atoms with Crippen LogP contribution in [0.15, 0.2) is 0 Å². The Kier molecular flexibility index (Phi) is 42.0. The summed E-state index contributed by atoms with van der Waals surface area (Å²) in [6.45, 7) is 55.2. The minimum atomic E-state index is -4.49. The molecule has 0 aromatic heterocycles. The third-order valence-corrected chi connectivity index (χ3v) is 28.2. The Balaban J connectivity index is 0.000000494. The molecule has 14 atom stereocenters. The zero-order valence-electron chi connectivity index (χ0n) is 81.8. The number of carbonyl (C=O) groups excluding carboxylic acids is 11. The molecule has 9 fully saturated rings. The number of cyclic esters (lactones) is 1. The maximum absolute atomic E-state index is 12.2. The highest BCUT2D eigenvalue weighted by Gasteiger charge is 2.73. The largest absolute Gasteiger partial charge is 0.463 e. The van der Waals surface area contributed by atoms with Gasteiger partial charge in [0.15, 0.2) is 23.7 Å².